The largest absolute Gasteiger partial charge is 0.457 e. The lowest BCUT2D eigenvalue weighted by Gasteiger charge is -2.35. The lowest BCUT2D eigenvalue weighted by molar-refractivity contribution is -0.567. The highest BCUT2D eigenvalue weighted by atomic mass is 28.3. The number of hydrogen-bond donors (Lipinski definition) is 0. The average molecular weight is 1110 g/mol. The number of para-hydroxylation sites is 2. The second kappa shape index (κ2) is 19.8. The van der Waals surface area contributed by atoms with Gasteiger partial charge in [0.25, 0.3) is 6.33 Å². The molecule has 4 heterocycles. The number of benzene rings is 11. The van der Waals surface area contributed by atoms with Crippen LogP contribution in [0.5, 0.6) is 11.5 Å². The Labute approximate surface area is 517 Å². The van der Waals surface area contributed by atoms with Gasteiger partial charge < -0.3 is 4.74 Å². The van der Waals surface area contributed by atoms with E-state index < -0.39 is 157 Å². The van der Waals surface area contributed by atoms with E-state index in [2.05, 4.69) is 4.98 Å². The molecule has 396 valence electrons. The number of aryl methyl sites for hydroxylation is 1. The maximum absolute atomic E-state index is 9.91. The van der Waals surface area contributed by atoms with Crippen LogP contribution in [0.1, 0.15) is 63.4 Å². The molecule has 0 saturated heterocycles. The summed E-state index contributed by atoms with van der Waals surface area (Å²) in [5.41, 5.74) is 6.31. The van der Waals surface area contributed by atoms with Crippen LogP contribution in [0.15, 0.2) is 285 Å². The zero-order valence-corrected chi connectivity index (χ0v) is 45.8. The number of imidazole rings is 1. The van der Waals surface area contributed by atoms with E-state index in [1.165, 1.54) is 18.3 Å². The minimum Gasteiger partial charge on any atom is -0.457 e. The Kier molecular flexibility index (Phi) is 7.45. The van der Waals surface area contributed by atoms with Gasteiger partial charge in [0, 0.05) is 49.9 Å². The molecule has 3 aromatic heterocycles. The molecule has 83 heavy (non-hydrogen) atoms. The van der Waals surface area contributed by atoms with Gasteiger partial charge in [-0.05, 0) is 127 Å². The highest BCUT2D eigenvalue weighted by Gasteiger charge is 2.43. The molecule has 0 aliphatic carbocycles. The van der Waals surface area contributed by atoms with Crippen molar-refractivity contribution < 1.29 is 40.8 Å². The molecule has 6 heteroatoms. The first kappa shape index (κ1) is 31.2. The highest BCUT2D eigenvalue weighted by Crippen LogP contribution is 2.47. The van der Waals surface area contributed by atoms with E-state index in [1.54, 1.807) is 60.7 Å². The molecule has 0 spiro atoms. The minimum atomic E-state index is -5.71. The molecule has 5 nitrogen and oxygen atoms in total. The van der Waals surface area contributed by atoms with Gasteiger partial charge in [-0.1, -0.05) is 227 Å². The smallest absolute Gasteiger partial charge is 0.255 e. The molecule has 0 N–H and O–H groups in total. The SMILES string of the molecule is [2H]c1c([2H])c([2H])c(-c2cc3c4c(c2)n(-c2cccc(Oc5ccc6c7ccccc7n(-c7cc(C([2H])([2H])[2H])ccn7)c6c5)c2)c[n+]4-c2c(cccc2C(C)(C)C)-c2cc([Si](c4c([2H])c([2H])c([2H])c([2H])c4[2H])(c4c([2H])c([2H])c([2H])c([2H])c4[2H])c4c([2H])c([2H])c([2H])c([2H])c4[2H])ccc2-c2ccccc2-3)c([2H])c1[2H]. The van der Waals surface area contributed by atoms with Crippen molar-refractivity contribution in [2.24, 2.45) is 0 Å². The van der Waals surface area contributed by atoms with Crippen molar-refractivity contribution in [2.45, 2.75) is 33.0 Å². The predicted molar refractivity (Wildman–Crippen MR) is 346 cm³/mol. The van der Waals surface area contributed by atoms with Gasteiger partial charge in [0.15, 0.2) is 19.1 Å². The highest BCUT2D eigenvalue weighted by molar-refractivity contribution is 7.20. The van der Waals surface area contributed by atoms with E-state index in [0.717, 1.165) is 16.3 Å². The predicted octanol–water partition coefficient (Wildman–Crippen LogP) is 16.2. The van der Waals surface area contributed by atoms with Crippen LogP contribution in [0.2, 0.25) is 0 Å². The van der Waals surface area contributed by atoms with Crippen molar-refractivity contribution in [2.75, 3.05) is 0 Å². The molecule has 0 saturated carbocycles. The van der Waals surface area contributed by atoms with Crippen molar-refractivity contribution in [1.82, 2.24) is 14.1 Å². The Balaban J connectivity index is 1.06. The Hall–Kier alpha value is -10.1. The summed E-state index contributed by atoms with van der Waals surface area (Å²) in [7, 11) is -5.71. The molecule has 1 aliphatic rings. The number of rotatable bonds is 9. The molecule has 11 aromatic carbocycles. The minimum absolute atomic E-state index is 0.108. The van der Waals surface area contributed by atoms with Gasteiger partial charge >= 0.3 is 0 Å². The number of pyridine rings is 1. The molecule has 15 rings (SSSR count). The summed E-state index contributed by atoms with van der Waals surface area (Å²) >= 11 is 0. The zero-order chi connectivity index (χ0) is 75.7. The van der Waals surface area contributed by atoms with Crippen LogP contribution in [-0.2, 0) is 5.41 Å². The summed E-state index contributed by atoms with van der Waals surface area (Å²) in [5.74, 6) is 1.13. The second-order valence-corrected chi connectivity index (χ2v) is 24.9. The molecular formula is C77H59N4OSi+. The quantitative estimate of drug-likeness (QED) is 0.0820. The monoisotopic (exact) mass is 1110 g/mol. The van der Waals surface area contributed by atoms with Crippen LogP contribution in [0.4, 0.5) is 0 Å². The third kappa shape index (κ3) is 8.27. The first-order valence-electron chi connectivity index (χ1n) is 38.3. The molecule has 0 radical (unpaired) electrons. The lowest BCUT2D eigenvalue weighted by atomic mass is 9.82. The topological polar surface area (TPSA) is 35.9 Å². The van der Waals surface area contributed by atoms with Crippen LogP contribution in [0, 0.1) is 6.85 Å². The fraction of sp³-hybridized carbons (Fsp3) is 0.0649. The first-order valence-corrected chi connectivity index (χ1v) is 28.8. The van der Waals surface area contributed by atoms with Gasteiger partial charge in [-0.25, -0.2) is 4.98 Å². The molecule has 0 amide bonds. The number of nitrogens with zero attached hydrogens (tertiary/aromatic N) is 4. The number of ether oxygens (including phenoxy) is 1. The molecule has 0 atom stereocenters. The van der Waals surface area contributed by atoms with Gasteiger partial charge in [-0.3, -0.25) is 4.57 Å². The van der Waals surface area contributed by atoms with Crippen molar-refractivity contribution in [3.63, 3.8) is 0 Å². The Bertz CT molecular complexity index is 5910. The van der Waals surface area contributed by atoms with Crippen molar-refractivity contribution in [3.05, 3.63) is 296 Å². The molecule has 0 unspecified atom stereocenters. The van der Waals surface area contributed by atoms with Crippen LogP contribution in [0.3, 0.4) is 0 Å². The average Bonchev–Trinajstić information content (AvgIpc) is 0.728. The maximum Gasteiger partial charge on any atom is 0.255 e. The van der Waals surface area contributed by atoms with Gasteiger partial charge in [-0.2, -0.15) is 9.13 Å². The molecular weight excluding hydrogens is 1020 g/mol. The Morgan fingerprint density at radius 1 is 0.482 bits per heavy atom. The van der Waals surface area contributed by atoms with E-state index in [9.17, 15) is 19.2 Å². The lowest BCUT2D eigenvalue weighted by Crippen LogP contribution is -2.74. The van der Waals surface area contributed by atoms with Crippen LogP contribution >= 0.6 is 0 Å². The molecule has 1 aliphatic heterocycles. The van der Waals surface area contributed by atoms with E-state index in [-0.39, 0.29) is 21.9 Å². The third-order valence-electron chi connectivity index (χ3n) is 15.5. The van der Waals surface area contributed by atoms with E-state index in [4.69, 9.17) is 17.1 Å². The Morgan fingerprint density at radius 3 is 1.82 bits per heavy atom. The molecule has 0 fully saturated rings. The van der Waals surface area contributed by atoms with E-state index in [1.807, 2.05) is 120 Å². The van der Waals surface area contributed by atoms with Crippen LogP contribution in [0.25, 0.3) is 94.5 Å². The first-order chi connectivity index (χ1) is 50.2. The number of hydrogen-bond acceptors (Lipinski definition) is 2. The van der Waals surface area contributed by atoms with Gasteiger partial charge in [0.2, 0.25) is 0 Å². The van der Waals surface area contributed by atoms with E-state index in [0.29, 0.717) is 84.2 Å². The van der Waals surface area contributed by atoms with Crippen LogP contribution < -0.4 is 30.1 Å². The number of fused-ring (bicyclic) bond motifs is 10. The normalized spacial score (nSPS) is 16.2. The fourth-order valence-electron chi connectivity index (χ4n) is 12.0. The van der Waals surface area contributed by atoms with Gasteiger partial charge in [0.05, 0.1) is 38.4 Å². The summed E-state index contributed by atoms with van der Waals surface area (Å²) in [6, 6.07) is 28.4. The summed E-state index contributed by atoms with van der Waals surface area (Å²) in [4.78, 5) is 4.64. The second-order valence-electron chi connectivity index (χ2n) is 21.3. The zero-order valence-electron chi connectivity index (χ0n) is 67.8. The molecule has 0 bridgehead atoms. The third-order valence-corrected chi connectivity index (χ3v) is 19.7. The number of aromatic nitrogens is 4. The maximum atomic E-state index is 9.91. The van der Waals surface area contributed by atoms with Crippen molar-refractivity contribution in [1.29, 1.82) is 0 Å². The summed E-state index contributed by atoms with van der Waals surface area (Å²) < 4.78 is 224. The summed E-state index contributed by atoms with van der Waals surface area (Å²) in [6.45, 7) is 3.61. The Morgan fingerprint density at radius 2 is 1.11 bits per heavy atom. The molecule has 14 aromatic rings. The standard InChI is InChI=1S/C77H59N4OSi/c1-52-43-44-78-74(45-52)81-71-38-20-19-35-65(71)66-41-39-57(49-72(66)81)82-56-26-21-25-55(48-56)79-51-80-75-67(36-22-37-70(75)77(2,3)4)68-50-61(83(58-27-11-6-12-28-58,59-29-13-7-14-30-59)60-31-15-8-16-32-60)40-42-64(68)62-33-17-18-34-63(62)69-46-54(47-73(79)76(69)80)53-23-9-5-10-24-53/h5-51H,1-4H3/q+1/i1D3,5D,6D,7D,8D,9D,10D,11D,12D,13D,14D,15D,16D,23D,24D,27D,28D,29D,30D,31D,32D. The summed E-state index contributed by atoms with van der Waals surface area (Å²) in [5, 5.41) is -0.364. The van der Waals surface area contributed by atoms with Gasteiger partial charge in [-0.15, -0.1) is 0 Å². The van der Waals surface area contributed by atoms with E-state index >= 15 is 0 Å². The van der Waals surface area contributed by atoms with Crippen LogP contribution in [-0.4, -0.2) is 22.2 Å². The summed E-state index contributed by atoms with van der Waals surface area (Å²) in [6.07, 6.45) is 3.31. The fourth-order valence-corrected chi connectivity index (χ4v) is 15.8. The van der Waals surface area contributed by atoms with Gasteiger partial charge in [0.1, 0.15) is 28.7 Å². The van der Waals surface area contributed by atoms with Crippen molar-refractivity contribution in [3.8, 4) is 73.2 Å². The van der Waals surface area contributed by atoms with Crippen molar-refractivity contribution >= 4 is 61.7 Å².